The summed E-state index contributed by atoms with van der Waals surface area (Å²) in [5.74, 6) is 0.705. The summed E-state index contributed by atoms with van der Waals surface area (Å²) in [4.78, 5) is 31.4. The number of anilines is 3. The number of phenolic OH excluding ortho intramolecular Hbond substituents is 1. The fourth-order valence-corrected chi connectivity index (χ4v) is 7.28. The van der Waals surface area contributed by atoms with Crippen molar-refractivity contribution in [3.8, 4) is 39.5 Å². The number of likely N-dealkylation sites (N-methyl/N-ethyl adjacent to an activating group) is 1. The zero-order chi connectivity index (χ0) is 35.2. The largest absolute Gasteiger partial charge is 0.508 e. The number of para-hydroxylation sites is 2. The molecule has 1 heterocycles. The van der Waals surface area contributed by atoms with Gasteiger partial charge >= 0.3 is 6.09 Å². The molecule has 0 atom stereocenters. The van der Waals surface area contributed by atoms with Crippen molar-refractivity contribution >= 4 is 29.1 Å². The molecule has 0 bridgehead atoms. The van der Waals surface area contributed by atoms with Crippen LogP contribution in [0.2, 0.25) is 0 Å². The van der Waals surface area contributed by atoms with E-state index in [4.69, 9.17) is 14.2 Å². The summed E-state index contributed by atoms with van der Waals surface area (Å²) < 4.78 is 17.7. The Labute approximate surface area is 291 Å². The Morgan fingerprint density at radius 1 is 0.820 bits per heavy atom. The zero-order valence-corrected chi connectivity index (χ0v) is 28.7. The van der Waals surface area contributed by atoms with Crippen LogP contribution in [0.15, 0.2) is 103 Å². The minimum absolute atomic E-state index is 0.0132. The molecule has 0 aromatic heterocycles. The molecule has 0 saturated heterocycles. The molecule has 1 aliphatic heterocycles. The highest BCUT2D eigenvalue weighted by Crippen LogP contribution is 2.47. The smallest absolute Gasteiger partial charge is 0.414 e. The number of methoxy groups -OCH3 is 2. The van der Waals surface area contributed by atoms with Crippen molar-refractivity contribution in [2.45, 2.75) is 31.8 Å². The first-order valence-electron chi connectivity index (χ1n) is 16.5. The monoisotopic (exact) mass is 669 g/mol. The molecule has 5 aromatic carbocycles. The lowest BCUT2D eigenvalue weighted by molar-refractivity contribution is -0.121. The first kappa shape index (κ1) is 32.6. The highest BCUT2D eigenvalue weighted by atomic mass is 16.6. The molecule has 0 spiro atoms. The summed E-state index contributed by atoms with van der Waals surface area (Å²) in [6, 6.07) is 32.5. The number of carbonyl (C=O) groups is 2. The van der Waals surface area contributed by atoms with Gasteiger partial charge in [0.05, 0.1) is 37.8 Å². The van der Waals surface area contributed by atoms with Gasteiger partial charge in [-0.15, -0.1) is 0 Å². The lowest BCUT2D eigenvalue weighted by Gasteiger charge is -2.40. The second-order valence-electron chi connectivity index (χ2n) is 13.0. The Kier molecular flexibility index (Phi) is 8.35. The van der Waals surface area contributed by atoms with Gasteiger partial charge in [-0.2, -0.15) is 0 Å². The fraction of sp³-hybridized carbons (Fsp3) is 0.220. The van der Waals surface area contributed by atoms with E-state index in [1.807, 2.05) is 68.4 Å². The predicted octanol–water partition coefficient (Wildman–Crippen LogP) is 8.20. The molecular formula is C41H39N3O6. The number of phenols is 1. The molecule has 9 nitrogen and oxygen atoms in total. The van der Waals surface area contributed by atoms with Gasteiger partial charge in [-0.05, 0) is 72.0 Å². The average Bonchev–Trinajstić information content (AvgIpc) is 3.45. The first-order chi connectivity index (χ1) is 24.1. The Hall–Kier alpha value is -5.96. The molecule has 2 aliphatic rings. The Morgan fingerprint density at radius 2 is 1.44 bits per heavy atom. The maximum Gasteiger partial charge on any atom is 0.414 e. The van der Waals surface area contributed by atoms with Gasteiger partial charge in [0.1, 0.15) is 29.4 Å². The van der Waals surface area contributed by atoms with Crippen LogP contribution in [-0.2, 0) is 16.1 Å². The maximum absolute atomic E-state index is 14.5. The van der Waals surface area contributed by atoms with Gasteiger partial charge in [0, 0.05) is 30.2 Å². The van der Waals surface area contributed by atoms with Gasteiger partial charge in [0.15, 0.2) is 0 Å². The van der Waals surface area contributed by atoms with E-state index in [1.54, 1.807) is 48.2 Å². The lowest BCUT2D eigenvalue weighted by Crippen LogP contribution is -2.52. The summed E-state index contributed by atoms with van der Waals surface area (Å²) in [7, 11) is 4.84. The van der Waals surface area contributed by atoms with Gasteiger partial charge in [-0.1, -0.05) is 66.7 Å². The highest BCUT2D eigenvalue weighted by molar-refractivity contribution is 6.09. The number of hydrogen-bond donors (Lipinski definition) is 2. The third kappa shape index (κ3) is 5.54. The number of nitrogens with one attached hydrogen (secondary N) is 1. The summed E-state index contributed by atoms with van der Waals surface area (Å²) in [6.07, 6.45) is -0.573. The molecule has 7 rings (SSSR count). The second kappa shape index (κ2) is 12.8. The van der Waals surface area contributed by atoms with Gasteiger partial charge < -0.3 is 29.5 Å². The van der Waals surface area contributed by atoms with E-state index in [0.717, 1.165) is 27.9 Å². The standard InChI is InChI=1S/C41H39N3O6/c1-41(2)39(46)43(3)38-32(30(20-21-34(38)42-41)31-19-18-25(45)22-37(31)49-5)23-44(35-16-10-11-17-36(35)48-4)40(47)50-24-33-28-14-8-6-12-26(28)27-13-7-9-15-29(27)33/h6-22,33,42,45H,23-24H2,1-5H3. The van der Waals surface area contributed by atoms with Crippen molar-refractivity contribution in [2.24, 2.45) is 0 Å². The number of nitrogens with zero attached hydrogens (tertiary/aromatic N) is 2. The summed E-state index contributed by atoms with van der Waals surface area (Å²) >= 11 is 0. The SMILES string of the molecule is COc1cc(O)ccc1-c1ccc2c(c1CN(C(=O)OCC1c3ccccc3-c3ccccc31)c1ccccc1OC)N(C)C(=O)C(C)(C)N2. The molecule has 2 amide bonds. The minimum atomic E-state index is -0.855. The molecule has 50 heavy (non-hydrogen) atoms. The molecule has 2 N–H and O–H groups in total. The van der Waals surface area contributed by atoms with Crippen LogP contribution in [0.25, 0.3) is 22.3 Å². The normalized spacial score (nSPS) is 14.3. The number of aromatic hydroxyl groups is 1. The van der Waals surface area contributed by atoms with E-state index in [9.17, 15) is 14.7 Å². The van der Waals surface area contributed by atoms with Crippen molar-refractivity contribution in [1.82, 2.24) is 0 Å². The Morgan fingerprint density at radius 3 is 2.12 bits per heavy atom. The van der Waals surface area contributed by atoms with Gasteiger partial charge in [-0.3, -0.25) is 9.69 Å². The third-order valence-electron chi connectivity index (χ3n) is 9.63. The Bertz CT molecular complexity index is 2080. The van der Waals surface area contributed by atoms with Crippen LogP contribution in [0.4, 0.5) is 21.9 Å². The topological polar surface area (TPSA) is 101 Å². The lowest BCUT2D eigenvalue weighted by atomic mass is 9.91. The van der Waals surface area contributed by atoms with Crippen molar-refractivity contribution < 1.29 is 28.9 Å². The van der Waals surface area contributed by atoms with Crippen molar-refractivity contribution in [2.75, 3.05) is 43.0 Å². The third-order valence-corrected chi connectivity index (χ3v) is 9.63. The van der Waals surface area contributed by atoms with E-state index < -0.39 is 11.6 Å². The molecule has 1 aliphatic carbocycles. The van der Waals surface area contributed by atoms with Gasteiger partial charge in [-0.25, -0.2) is 4.79 Å². The number of rotatable bonds is 8. The molecule has 0 unspecified atom stereocenters. The first-order valence-corrected chi connectivity index (χ1v) is 16.5. The van der Waals surface area contributed by atoms with Crippen molar-refractivity contribution in [3.05, 3.63) is 120 Å². The van der Waals surface area contributed by atoms with Crippen LogP contribution < -0.4 is 24.6 Å². The van der Waals surface area contributed by atoms with Crippen LogP contribution in [-0.4, -0.2) is 50.5 Å². The van der Waals surface area contributed by atoms with Crippen LogP contribution >= 0.6 is 0 Å². The van der Waals surface area contributed by atoms with E-state index in [-0.39, 0.29) is 30.7 Å². The number of ether oxygens (including phenoxy) is 3. The zero-order valence-electron chi connectivity index (χ0n) is 28.7. The van der Waals surface area contributed by atoms with Crippen LogP contribution in [0.5, 0.6) is 17.2 Å². The van der Waals surface area contributed by atoms with Crippen molar-refractivity contribution in [1.29, 1.82) is 0 Å². The van der Waals surface area contributed by atoms with E-state index in [0.29, 0.717) is 39.6 Å². The molecule has 0 radical (unpaired) electrons. The van der Waals surface area contributed by atoms with Gasteiger partial charge in [0.25, 0.3) is 5.91 Å². The van der Waals surface area contributed by atoms with E-state index in [2.05, 4.69) is 29.6 Å². The number of fused-ring (bicyclic) bond motifs is 4. The quantitative estimate of drug-likeness (QED) is 0.172. The van der Waals surface area contributed by atoms with Crippen molar-refractivity contribution in [3.63, 3.8) is 0 Å². The summed E-state index contributed by atoms with van der Waals surface area (Å²) in [6.45, 7) is 3.81. The van der Waals surface area contributed by atoms with Gasteiger partial charge in [0.2, 0.25) is 0 Å². The number of benzene rings is 5. The highest BCUT2D eigenvalue weighted by Gasteiger charge is 2.40. The Balaban J connectivity index is 1.34. The molecule has 0 saturated carbocycles. The van der Waals surface area contributed by atoms with Crippen LogP contribution in [0.3, 0.4) is 0 Å². The van der Waals surface area contributed by atoms with Crippen LogP contribution in [0, 0.1) is 0 Å². The number of hydrogen-bond acceptors (Lipinski definition) is 7. The predicted molar refractivity (Wildman–Crippen MR) is 195 cm³/mol. The molecule has 0 fully saturated rings. The van der Waals surface area contributed by atoms with Crippen LogP contribution in [0.1, 0.15) is 36.5 Å². The molecule has 5 aromatic rings. The molecule has 9 heteroatoms. The summed E-state index contributed by atoms with van der Waals surface area (Å²) in [5, 5.41) is 13.7. The van der Waals surface area contributed by atoms with E-state index in [1.165, 1.54) is 7.11 Å². The number of carbonyl (C=O) groups excluding carboxylic acids is 2. The second-order valence-corrected chi connectivity index (χ2v) is 13.0. The maximum atomic E-state index is 14.5. The molecule has 254 valence electrons. The average molecular weight is 670 g/mol. The number of amides is 2. The van der Waals surface area contributed by atoms with E-state index >= 15 is 0 Å². The molecular weight excluding hydrogens is 630 g/mol. The minimum Gasteiger partial charge on any atom is -0.508 e. The summed E-state index contributed by atoms with van der Waals surface area (Å²) in [5.41, 5.74) is 7.57. The fourth-order valence-electron chi connectivity index (χ4n) is 7.28.